The number of anilines is 11. The van der Waals surface area contributed by atoms with Gasteiger partial charge in [0.25, 0.3) is 0 Å². The van der Waals surface area contributed by atoms with Crippen LogP contribution in [0.1, 0.15) is 47.9 Å². The standard InChI is InChI=1S/C60H55N5O/c1-6-21-44(22-7-1)63(45-23-8-2-9-24-45)55-42-56(52-34-18-38-61-37-17-33-51(55)59(52)61)65(48-29-14-5-15-30-48)49-31-16-32-50(41-49)66-58-43-57(53-35-19-39-62-40-20-36-54(58)60(53)62)64(46-25-10-3-11-26-46)47-27-12-4-13-28-47/h1-16,21-32,41-43H,17-20,33-40H2. The number of hydrogen-bond donors (Lipinski definition) is 0. The normalized spacial score (nSPS) is 14.8. The Hall–Kier alpha value is -7.44. The summed E-state index contributed by atoms with van der Waals surface area (Å²) in [6.45, 7) is 4.33. The minimum atomic E-state index is 0.832. The lowest BCUT2D eigenvalue weighted by Gasteiger charge is -2.42. The van der Waals surface area contributed by atoms with Crippen molar-refractivity contribution in [2.45, 2.75) is 51.4 Å². The Balaban J connectivity index is 1.03. The fourth-order valence-corrected chi connectivity index (χ4v) is 11.3. The van der Waals surface area contributed by atoms with E-state index in [1.807, 2.05) is 0 Å². The predicted molar refractivity (Wildman–Crippen MR) is 275 cm³/mol. The summed E-state index contributed by atoms with van der Waals surface area (Å²) in [5, 5.41) is 0. The van der Waals surface area contributed by atoms with E-state index in [0.29, 0.717) is 0 Å². The first kappa shape index (κ1) is 40.1. The first-order valence-electron chi connectivity index (χ1n) is 24.1. The number of benzene rings is 8. The second kappa shape index (κ2) is 17.5. The van der Waals surface area contributed by atoms with Gasteiger partial charge >= 0.3 is 0 Å². The molecule has 4 aliphatic rings. The maximum Gasteiger partial charge on any atom is 0.134 e. The third-order valence-electron chi connectivity index (χ3n) is 14.1. The average molecular weight is 862 g/mol. The van der Waals surface area contributed by atoms with Gasteiger partial charge in [-0.05, 0) is 130 Å². The van der Waals surface area contributed by atoms with Gasteiger partial charge in [-0.25, -0.2) is 0 Å². The number of ether oxygens (including phenoxy) is 1. The third-order valence-corrected chi connectivity index (χ3v) is 14.1. The molecular weight excluding hydrogens is 807 g/mol. The van der Waals surface area contributed by atoms with Crippen molar-refractivity contribution in [2.75, 3.05) is 50.7 Å². The summed E-state index contributed by atoms with van der Waals surface area (Å²) in [6, 6.07) is 68.1. The molecule has 0 aliphatic carbocycles. The Kier molecular flexibility index (Phi) is 10.6. The van der Waals surface area contributed by atoms with E-state index in [1.165, 1.54) is 50.7 Å². The second-order valence-electron chi connectivity index (χ2n) is 18.1. The Morgan fingerprint density at radius 1 is 0.318 bits per heavy atom. The summed E-state index contributed by atoms with van der Waals surface area (Å²) >= 11 is 0. The molecular formula is C60H55N5O. The van der Waals surface area contributed by atoms with Crippen LogP contribution < -0.4 is 29.2 Å². The molecule has 0 saturated heterocycles. The second-order valence-corrected chi connectivity index (χ2v) is 18.1. The van der Waals surface area contributed by atoms with Crippen molar-refractivity contribution in [3.63, 3.8) is 0 Å². The van der Waals surface area contributed by atoms with Crippen molar-refractivity contribution < 1.29 is 4.74 Å². The van der Waals surface area contributed by atoms with E-state index in [2.05, 4.69) is 213 Å². The minimum absolute atomic E-state index is 0.832. The lowest BCUT2D eigenvalue weighted by molar-refractivity contribution is 0.471. The van der Waals surface area contributed by atoms with Gasteiger partial charge in [-0.2, -0.15) is 0 Å². The van der Waals surface area contributed by atoms with Crippen molar-refractivity contribution in [2.24, 2.45) is 0 Å². The van der Waals surface area contributed by atoms with Gasteiger partial charge in [-0.3, -0.25) is 0 Å². The lowest BCUT2D eigenvalue weighted by atomic mass is 9.88. The first-order chi connectivity index (χ1) is 32.8. The Morgan fingerprint density at radius 2 is 0.652 bits per heavy atom. The summed E-state index contributed by atoms with van der Waals surface area (Å²) in [6.07, 6.45) is 8.67. The SMILES string of the molecule is c1ccc(N(c2ccccc2)c2cc(Oc3cccc(N(c4ccccc4)c4cc(N(c5ccccc5)c5ccccc5)c5c6c4CCCN6CCC5)c3)c3c4c2CCCN4CCC3)cc1. The smallest absolute Gasteiger partial charge is 0.134 e. The van der Waals surface area contributed by atoms with Gasteiger partial charge in [0.1, 0.15) is 11.5 Å². The van der Waals surface area contributed by atoms with E-state index in [0.717, 1.165) is 123 Å². The van der Waals surface area contributed by atoms with Gasteiger partial charge < -0.3 is 29.2 Å². The van der Waals surface area contributed by atoms with Crippen molar-refractivity contribution in [1.82, 2.24) is 0 Å². The van der Waals surface area contributed by atoms with Crippen molar-refractivity contribution in [1.29, 1.82) is 0 Å². The molecule has 0 fully saturated rings. The van der Waals surface area contributed by atoms with Crippen LogP contribution in [0.3, 0.4) is 0 Å². The zero-order valence-corrected chi connectivity index (χ0v) is 37.5. The average Bonchev–Trinajstić information content (AvgIpc) is 3.38. The summed E-state index contributed by atoms with van der Waals surface area (Å²) in [5.41, 5.74) is 18.9. The first-order valence-corrected chi connectivity index (χ1v) is 24.1. The Morgan fingerprint density at radius 3 is 1.06 bits per heavy atom. The highest BCUT2D eigenvalue weighted by molar-refractivity contribution is 5.92. The molecule has 8 aromatic rings. The van der Waals surface area contributed by atoms with Crippen LogP contribution in [0.2, 0.25) is 0 Å². The fourth-order valence-electron chi connectivity index (χ4n) is 11.3. The van der Waals surface area contributed by atoms with Crippen LogP contribution in [0.5, 0.6) is 11.5 Å². The Bertz CT molecular complexity index is 2900. The van der Waals surface area contributed by atoms with Gasteiger partial charge in [0.2, 0.25) is 0 Å². The molecule has 0 amide bonds. The van der Waals surface area contributed by atoms with E-state index in [9.17, 15) is 0 Å². The summed E-state index contributed by atoms with van der Waals surface area (Å²) < 4.78 is 7.33. The molecule has 8 aromatic carbocycles. The molecule has 0 aromatic heterocycles. The molecule has 0 radical (unpaired) electrons. The highest BCUT2D eigenvalue weighted by Gasteiger charge is 2.34. The van der Waals surface area contributed by atoms with Crippen molar-refractivity contribution in [3.8, 4) is 11.5 Å². The van der Waals surface area contributed by atoms with Crippen LogP contribution in [0.15, 0.2) is 188 Å². The highest BCUT2D eigenvalue weighted by atomic mass is 16.5. The summed E-state index contributed by atoms with van der Waals surface area (Å²) in [4.78, 5) is 12.7. The quantitative estimate of drug-likeness (QED) is 0.129. The molecule has 6 heteroatoms. The van der Waals surface area contributed by atoms with E-state index in [4.69, 9.17) is 4.74 Å². The van der Waals surface area contributed by atoms with Crippen molar-refractivity contribution >= 4 is 62.6 Å². The molecule has 66 heavy (non-hydrogen) atoms. The lowest BCUT2D eigenvalue weighted by Crippen LogP contribution is -2.36. The number of nitrogens with zero attached hydrogens (tertiary/aromatic N) is 5. The summed E-state index contributed by atoms with van der Waals surface area (Å²) in [5.74, 6) is 1.77. The minimum Gasteiger partial charge on any atom is -0.457 e. The largest absolute Gasteiger partial charge is 0.457 e. The molecule has 0 saturated carbocycles. The molecule has 326 valence electrons. The molecule has 4 aliphatic heterocycles. The zero-order valence-electron chi connectivity index (χ0n) is 37.5. The van der Waals surface area contributed by atoms with Gasteiger partial charge in [-0.15, -0.1) is 0 Å². The molecule has 0 spiro atoms. The summed E-state index contributed by atoms with van der Waals surface area (Å²) in [7, 11) is 0. The number of rotatable bonds is 11. The molecule has 4 heterocycles. The van der Waals surface area contributed by atoms with Crippen molar-refractivity contribution in [3.05, 3.63) is 210 Å². The maximum absolute atomic E-state index is 7.33. The van der Waals surface area contributed by atoms with Crippen LogP contribution in [-0.4, -0.2) is 26.2 Å². The Labute approximate surface area is 389 Å². The number of para-hydroxylation sites is 5. The van der Waals surface area contributed by atoms with Crippen LogP contribution in [-0.2, 0) is 25.7 Å². The van der Waals surface area contributed by atoms with E-state index < -0.39 is 0 Å². The topological polar surface area (TPSA) is 25.4 Å². The zero-order chi connectivity index (χ0) is 43.8. The van der Waals surface area contributed by atoms with Crippen LogP contribution in [0.25, 0.3) is 0 Å². The molecule has 12 rings (SSSR count). The monoisotopic (exact) mass is 861 g/mol. The predicted octanol–water partition coefficient (Wildman–Crippen LogP) is 15.3. The molecule has 0 unspecified atom stereocenters. The van der Waals surface area contributed by atoms with Crippen LogP contribution in [0, 0.1) is 0 Å². The van der Waals surface area contributed by atoms with Gasteiger partial charge in [0.15, 0.2) is 0 Å². The number of hydrogen-bond acceptors (Lipinski definition) is 6. The fraction of sp³-hybridized carbons (Fsp3) is 0.200. The molecule has 0 atom stereocenters. The van der Waals surface area contributed by atoms with Gasteiger partial charge in [0, 0.05) is 106 Å². The van der Waals surface area contributed by atoms with Crippen LogP contribution in [0.4, 0.5) is 62.6 Å². The van der Waals surface area contributed by atoms with E-state index >= 15 is 0 Å². The maximum atomic E-state index is 7.33. The molecule has 0 bridgehead atoms. The molecule has 6 nitrogen and oxygen atoms in total. The molecule has 0 N–H and O–H groups in total. The third kappa shape index (κ3) is 7.31. The van der Waals surface area contributed by atoms with E-state index in [1.54, 1.807) is 0 Å². The van der Waals surface area contributed by atoms with Gasteiger partial charge in [-0.1, -0.05) is 97.1 Å². The van der Waals surface area contributed by atoms with Crippen LogP contribution >= 0.6 is 0 Å². The van der Waals surface area contributed by atoms with Gasteiger partial charge in [0.05, 0.1) is 17.1 Å². The highest BCUT2D eigenvalue weighted by Crippen LogP contribution is 2.53. The van der Waals surface area contributed by atoms with E-state index in [-0.39, 0.29) is 0 Å².